The maximum absolute atomic E-state index is 12.1. The van der Waals surface area contributed by atoms with Crippen LogP contribution in [0.2, 0.25) is 0 Å². The molecule has 0 unspecified atom stereocenters. The van der Waals surface area contributed by atoms with Crippen molar-refractivity contribution in [2.75, 3.05) is 0 Å². The smallest absolute Gasteiger partial charge is 0.508 e. The second-order valence-electron chi connectivity index (χ2n) is 4.10. The van der Waals surface area contributed by atoms with Crippen molar-refractivity contribution in [1.29, 1.82) is 0 Å². The van der Waals surface area contributed by atoms with E-state index in [-0.39, 0.29) is 22.6 Å². The van der Waals surface area contributed by atoms with Gasteiger partial charge in [0, 0.05) is 0 Å². The van der Waals surface area contributed by atoms with Crippen molar-refractivity contribution in [3.8, 4) is 17.2 Å². The number of phenols is 1. The zero-order valence-corrected chi connectivity index (χ0v) is 12.1. The van der Waals surface area contributed by atoms with E-state index in [1.165, 1.54) is 30.3 Å². The molecule has 2 rings (SSSR count). The molecule has 0 spiro atoms. The minimum Gasteiger partial charge on any atom is -0.508 e. The predicted molar refractivity (Wildman–Crippen MR) is 73.3 cm³/mol. The fourth-order valence-electron chi connectivity index (χ4n) is 1.54. The van der Waals surface area contributed by atoms with Crippen LogP contribution in [0, 0.1) is 0 Å². The number of aromatic hydroxyl groups is 1. The average molecular weight is 363 g/mol. The maximum atomic E-state index is 12.1. The third-order valence-electron chi connectivity index (χ3n) is 2.47. The van der Waals surface area contributed by atoms with Crippen LogP contribution in [-0.4, -0.2) is 11.5 Å². The monoisotopic (exact) mass is 362 g/mol. The summed E-state index contributed by atoms with van der Waals surface area (Å²) in [6.07, 6.45) is -4.74. The maximum Gasteiger partial charge on any atom is 0.573 e. The van der Waals surface area contributed by atoms with Crippen molar-refractivity contribution < 1.29 is 27.8 Å². The van der Waals surface area contributed by atoms with Crippen LogP contribution in [0.4, 0.5) is 13.2 Å². The van der Waals surface area contributed by atoms with Crippen LogP contribution < -0.4 is 9.47 Å². The Morgan fingerprint density at radius 2 is 1.71 bits per heavy atom. The van der Waals surface area contributed by atoms with Gasteiger partial charge in [-0.05, 0) is 51.8 Å². The minimum absolute atomic E-state index is 0.142. The lowest BCUT2D eigenvalue weighted by Gasteiger charge is -2.12. The summed E-state index contributed by atoms with van der Waals surface area (Å²) < 4.78 is 45.8. The molecule has 0 saturated heterocycles. The van der Waals surface area contributed by atoms with Crippen molar-refractivity contribution in [1.82, 2.24) is 0 Å². The molecular formula is C14H10BrF3O3. The first-order chi connectivity index (χ1) is 9.83. The van der Waals surface area contributed by atoms with E-state index >= 15 is 0 Å². The van der Waals surface area contributed by atoms with E-state index in [2.05, 4.69) is 20.7 Å². The summed E-state index contributed by atoms with van der Waals surface area (Å²) in [5, 5.41) is 9.15. The Morgan fingerprint density at radius 1 is 1.05 bits per heavy atom. The molecule has 7 heteroatoms. The number of ether oxygens (including phenoxy) is 2. The van der Waals surface area contributed by atoms with Crippen LogP contribution in [-0.2, 0) is 6.61 Å². The van der Waals surface area contributed by atoms with Crippen molar-refractivity contribution in [3.63, 3.8) is 0 Å². The molecule has 0 aliphatic carbocycles. The lowest BCUT2D eigenvalue weighted by atomic mass is 10.2. The molecule has 3 nitrogen and oxygen atoms in total. The van der Waals surface area contributed by atoms with Crippen molar-refractivity contribution in [3.05, 3.63) is 52.5 Å². The van der Waals surface area contributed by atoms with Gasteiger partial charge in [-0.25, -0.2) is 0 Å². The van der Waals surface area contributed by atoms with Gasteiger partial charge in [-0.3, -0.25) is 0 Å². The molecule has 0 saturated carbocycles. The summed E-state index contributed by atoms with van der Waals surface area (Å²) in [6, 6.07) is 10.4. The molecule has 0 heterocycles. The summed E-state index contributed by atoms with van der Waals surface area (Å²) >= 11 is 3.00. The quantitative estimate of drug-likeness (QED) is 0.861. The fraction of sp³-hybridized carbons (Fsp3) is 0.143. The van der Waals surface area contributed by atoms with Gasteiger partial charge in [0.15, 0.2) is 0 Å². The van der Waals surface area contributed by atoms with Gasteiger partial charge in [0.1, 0.15) is 23.9 Å². The molecule has 0 fully saturated rings. The Kier molecular flexibility index (Phi) is 4.62. The zero-order chi connectivity index (χ0) is 15.5. The molecule has 0 aromatic heterocycles. The summed E-state index contributed by atoms with van der Waals surface area (Å²) in [4.78, 5) is 0. The Balaban J connectivity index is 2.01. The normalized spacial score (nSPS) is 11.2. The number of alkyl halides is 3. The highest BCUT2D eigenvalue weighted by molar-refractivity contribution is 9.10. The largest absolute Gasteiger partial charge is 0.573 e. The van der Waals surface area contributed by atoms with Crippen LogP contribution in [0.5, 0.6) is 17.2 Å². The van der Waals surface area contributed by atoms with Gasteiger partial charge in [-0.2, -0.15) is 0 Å². The Bertz CT molecular complexity index is 612. The van der Waals surface area contributed by atoms with E-state index < -0.39 is 6.36 Å². The second kappa shape index (κ2) is 6.26. The van der Waals surface area contributed by atoms with Crippen LogP contribution in [0.1, 0.15) is 5.56 Å². The Hall–Kier alpha value is -1.89. The average Bonchev–Trinajstić information content (AvgIpc) is 2.40. The highest BCUT2D eigenvalue weighted by Crippen LogP contribution is 2.33. The lowest BCUT2D eigenvalue weighted by Crippen LogP contribution is -2.17. The van der Waals surface area contributed by atoms with E-state index in [9.17, 15) is 13.2 Å². The molecule has 1 N–H and O–H groups in total. The zero-order valence-electron chi connectivity index (χ0n) is 10.5. The number of phenolic OH excluding ortho intramolecular Hbond substituents is 1. The van der Waals surface area contributed by atoms with Crippen molar-refractivity contribution in [2.24, 2.45) is 0 Å². The Morgan fingerprint density at radius 3 is 2.29 bits per heavy atom. The van der Waals surface area contributed by atoms with E-state index in [0.717, 1.165) is 5.56 Å². The van der Waals surface area contributed by atoms with E-state index in [4.69, 9.17) is 9.84 Å². The van der Waals surface area contributed by atoms with Crippen LogP contribution in [0.25, 0.3) is 0 Å². The van der Waals surface area contributed by atoms with Crippen molar-refractivity contribution in [2.45, 2.75) is 13.0 Å². The second-order valence-corrected chi connectivity index (χ2v) is 4.95. The van der Waals surface area contributed by atoms with Gasteiger partial charge in [0.05, 0.1) is 4.47 Å². The van der Waals surface area contributed by atoms with Gasteiger partial charge >= 0.3 is 6.36 Å². The number of benzene rings is 2. The number of rotatable bonds is 4. The number of halogens is 4. The highest BCUT2D eigenvalue weighted by Gasteiger charge is 2.31. The summed E-state index contributed by atoms with van der Waals surface area (Å²) in [5.74, 6) is 0.208. The molecule has 2 aromatic carbocycles. The third-order valence-corrected chi connectivity index (χ3v) is 3.09. The van der Waals surface area contributed by atoms with E-state index in [0.29, 0.717) is 5.75 Å². The van der Waals surface area contributed by atoms with Gasteiger partial charge in [-0.15, -0.1) is 13.2 Å². The molecule has 0 amide bonds. The number of hydrogen-bond acceptors (Lipinski definition) is 3. The molecule has 21 heavy (non-hydrogen) atoms. The number of hydrogen-bond donors (Lipinski definition) is 1. The van der Waals surface area contributed by atoms with E-state index in [1.54, 1.807) is 12.1 Å². The van der Waals surface area contributed by atoms with E-state index in [1.807, 2.05) is 0 Å². The fourth-order valence-corrected chi connectivity index (χ4v) is 1.98. The SMILES string of the molecule is Oc1ccc(COc2ccc(OC(F)(F)F)c(Br)c2)cc1. The topological polar surface area (TPSA) is 38.7 Å². The van der Waals surface area contributed by atoms with Crippen LogP contribution in [0.3, 0.4) is 0 Å². The molecular weight excluding hydrogens is 353 g/mol. The first kappa shape index (κ1) is 15.5. The van der Waals surface area contributed by atoms with Gasteiger partial charge in [0.25, 0.3) is 0 Å². The summed E-state index contributed by atoms with van der Waals surface area (Å²) in [7, 11) is 0. The molecule has 2 aromatic rings. The lowest BCUT2D eigenvalue weighted by molar-refractivity contribution is -0.274. The molecule has 0 bridgehead atoms. The first-order valence-electron chi connectivity index (χ1n) is 5.79. The molecule has 112 valence electrons. The van der Waals surface area contributed by atoms with Gasteiger partial charge in [0.2, 0.25) is 0 Å². The predicted octanol–water partition coefficient (Wildman–Crippen LogP) is 4.63. The van der Waals surface area contributed by atoms with Crippen molar-refractivity contribution >= 4 is 15.9 Å². The first-order valence-corrected chi connectivity index (χ1v) is 6.59. The summed E-state index contributed by atoms with van der Waals surface area (Å²) in [5.41, 5.74) is 0.819. The Labute approximate surface area is 127 Å². The molecule has 0 radical (unpaired) electrons. The summed E-state index contributed by atoms with van der Waals surface area (Å²) in [6.45, 7) is 0.228. The van der Waals surface area contributed by atoms with Gasteiger partial charge in [-0.1, -0.05) is 12.1 Å². The molecule has 0 aliphatic rings. The molecule has 0 atom stereocenters. The third kappa shape index (κ3) is 4.86. The standard InChI is InChI=1S/C14H10BrF3O3/c15-12-7-11(5-6-13(12)21-14(16,17)18)20-8-9-1-3-10(19)4-2-9/h1-7,19H,8H2. The van der Waals surface area contributed by atoms with Crippen LogP contribution >= 0.6 is 15.9 Å². The molecule has 0 aliphatic heterocycles. The van der Waals surface area contributed by atoms with Crippen LogP contribution in [0.15, 0.2) is 46.9 Å². The minimum atomic E-state index is -4.74. The highest BCUT2D eigenvalue weighted by atomic mass is 79.9. The van der Waals surface area contributed by atoms with Gasteiger partial charge < -0.3 is 14.6 Å².